The van der Waals surface area contributed by atoms with Gasteiger partial charge in [-0.05, 0) is 19.1 Å². The molecule has 0 spiro atoms. The van der Waals surface area contributed by atoms with Crippen LogP contribution >= 0.6 is 0 Å². The summed E-state index contributed by atoms with van der Waals surface area (Å²) in [6.07, 6.45) is -1.21. The van der Waals surface area contributed by atoms with Crippen molar-refractivity contribution in [2.75, 3.05) is 13.1 Å². The van der Waals surface area contributed by atoms with Gasteiger partial charge in [0.1, 0.15) is 0 Å². The molecule has 1 amide bonds. The van der Waals surface area contributed by atoms with Crippen LogP contribution in [0.15, 0.2) is 48.5 Å². The van der Waals surface area contributed by atoms with Crippen LogP contribution in [0.1, 0.15) is 13.3 Å². The normalized spacial score (nSPS) is 20.5. The van der Waals surface area contributed by atoms with Crippen LogP contribution in [0.4, 0.5) is 4.39 Å². The van der Waals surface area contributed by atoms with Gasteiger partial charge >= 0.3 is 0 Å². The number of benzene rings is 2. The predicted octanol–water partition coefficient (Wildman–Crippen LogP) is 3.12. The lowest BCUT2D eigenvalue weighted by atomic mass is 10.1. The number of fused-ring (bicyclic) bond motifs is 3. The highest BCUT2D eigenvalue weighted by atomic mass is 19.1. The van der Waals surface area contributed by atoms with E-state index in [1.54, 1.807) is 6.92 Å². The Morgan fingerprint density at radius 1 is 1.08 bits per heavy atom. The first-order chi connectivity index (χ1) is 12.0. The number of aromatic nitrogens is 1. The molecule has 130 valence electrons. The summed E-state index contributed by atoms with van der Waals surface area (Å²) in [5, 5.41) is 13.2. The van der Waals surface area contributed by atoms with E-state index in [9.17, 15) is 14.3 Å². The number of carbonyl (C=O) groups is 1. The Morgan fingerprint density at radius 3 is 2.16 bits per heavy atom. The van der Waals surface area contributed by atoms with Crippen LogP contribution in [0, 0.1) is 0 Å². The Hall–Kier alpha value is -2.40. The number of para-hydroxylation sites is 2. The molecule has 2 atom stereocenters. The summed E-state index contributed by atoms with van der Waals surface area (Å²) in [4.78, 5) is 13.3. The van der Waals surface area contributed by atoms with Gasteiger partial charge in [0, 0.05) is 34.8 Å². The first-order valence-corrected chi connectivity index (χ1v) is 8.57. The number of hydrogen-bond donors (Lipinski definition) is 1. The zero-order chi connectivity index (χ0) is 17.6. The van der Waals surface area contributed by atoms with Gasteiger partial charge in [0.2, 0.25) is 0 Å². The molecule has 1 aromatic heterocycles. The molecule has 4 rings (SSSR count). The molecular weight excluding hydrogens is 319 g/mol. The third-order valence-electron chi connectivity index (χ3n) is 4.94. The minimum absolute atomic E-state index is 0.132. The van der Waals surface area contributed by atoms with Gasteiger partial charge in [0.05, 0.1) is 18.7 Å². The molecule has 0 radical (unpaired) electrons. The molecule has 2 heterocycles. The van der Waals surface area contributed by atoms with Crippen LogP contribution in [-0.4, -0.2) is 45.3 Å². The van der Waals surface area contributed by atoms with Crippen molar-refractivity contribution in [2.45, 2.75) is 31.7 Å². The van der Waals surface area contributed by atoms with Crippen molar-refractivity contribution in [3.05, 3.63) is 48.5 Å². The van der Waals surface area contributed by atoms with Gasteiger partial charge in [0.25, 0.3) is 5.91 Å². The molecule has 1 fully saturated rings. The highest BCUT2D eigenvalue weighted by Crippen LogP contribution is 2.30. The first-order valence-electron chi connectivity index (χ1n) is 8.57. The summed E-state index contributed by atoms with van der Waals surface area (Å²) in [6.45, 7) is 2.54. The number of carbonyl (C=O) groups excluding carboxylic acids is 1. The predicted molar refractivity (Wildman–Crippen MR) is 96.2 cm³/mol. The van der Waals surface area contributed by atoms with Gasteiger partial charge in [-0.3, -0.25) is 4.79 Å². The molecular formula is C20H21FN2O2. The quantitative estimate of drug-likeness (QED) is 0.793. The molecule has 3 aromatic rings. The molecule has 5 heteroatoms. The largest absolute Gasteiger partial charge is 0.386 e. The van der Waals surface area contributed by atoms with E-state index in [1.165, 1.54) is 4.90 Å². The van der Waals surface area contributed by atoms with Gasteiger partial charge in [-0.2, -0.15) is 0 Å². The van der Waals surface area contributed by atoms with Crippen LogP contribution in [0.2, 0.25) is 0 Å². The van der Waals surface area contributed by atoms with Crippen molar-refractivity contribution in [3.63, 3.8) is 0 Å². The molecule has 1 N–H and O–H groups in total. The lowest BCUT2D eigenvalue weighted by Gasteiger charge is -2.30. The number of aliphatic hydroxyl groups is 1. The van der Waals surface area contributed by atoms with Crippen LogP contribution in [0.3, 0.4) is 0 Å². The van der Waals surface area contributed by atoms with Gasteiger partial charge in [-0.15, -0.1) is 0 Å². The van der Waals surface area contributed by atoms with Crippen molar-refractivity contribution in [3.8, 4) is 0 Å². The van der Waals surface area contributed by atoms with Gasteiger partial charge in [0.15, 0.2) is 6.17 Å². The first kappa shape index (κ1) is 16.1. The zero-order valence-corrected chi connectivity index (χ0v) is 14.2. The minimum Gasteiger partial charge on any atom is -0.386 e. The summed E-state index contributed by atoms with van der Waals surface area (Å²) >= 11 is 0. The fourth-order valence-corrected chi connectivity index (χ4v) is 3.83. The Labute approximate surface area is 145 Å². The zero-order valence-electron chi connectivity index (χ0n) is 14.2. The van der Waals surface area contributed by atoms with Crippen LogP contribution in [0.25, 0.3) is 21.8 Å². The van der Waals surface area contributed by atoms with Crippen LogP contribution in [-0.2, 0) is 11.3 Å². The molecule has 1 aliphatic rings. The van der Waals surface area contributed by atoms with Gasteiger partial charge in [-0.1, -0.05) is 36.4 Å². The van der Waals surface area contributed by atoms with Crippen LogP contribution < -0.4 is 0 Å². The van der Waals surface area contributed by atoms with E-state index in [2.05, 4.69) is 16.7 Å². The summed E-state index contributed by atoms with van der Waals surface area (Å²) in [5.41, 5.74) is 0.935. The maximum atomic E-state index is 13.5. The molecule has 0 bridgehead atoms. The van der Waals surface area contributed by atoms with E-state index in [0.29, 0.717) is 13.1 Å². The maximum Gasteiger partial charge on any atom is 0.257 e. The summed E-state index contributed by atoms with van der Waals surface area (Å²) in [5.74, 6) is -0.512. The van der Waals surface area contributed by atoms with E-state index in [1.807, 2.05) is 36.4 Å². The van der Waals surface area contributed by atoms with Crippen molar-refractivity contribution in [1.82, 2.24) is 9.47 Å². The monoisotopic (exact) mass is 340 g/mol. The highest BCUT2D eigenvalue weighted by molar-refractivity contribution is 6.07. The second-order valence-electron chi connectivity index (χ2n) is 7.13. The lowest BCUT2D eigenvalue weighted by molar-refractivity contribution is -0.134. The van der Waals surface area contributed by atoms with E-state index in [0.717, 1.165) is 21.8 Å². The average Bonchev–Trinajstić information content (AvgIpc) is 3.08. The molecule has 25 heavy (non-hydrogen) atoms. The molecule has 2 aromatic carbocycles. The van der Waals surface area contributed by atoms with Crippen molar-refractivity contribution >= 4 is 27.7 Å². The average molecular weight is 340 g/mol. The number of amides is 1. The Bertz CT molecular complexity index is 894. The number of alkyl halides is 1. The second kappa shape index (κ2) is 5.85. The van der Waals surface area contributed by atoms with E-state index < -0.39 is 17.7 Å². The standard InChI is InChI=1S/C20H21FN2O2/c1-20(25,12-22-11-10-16(21)19(22)24)13-23-17-8-4-2-6-14(17)15-7-3-5-9-18(15)23/h2-9,16,25H,10-13H2,1H3/t16-,20-/m1/s1. The van der Waals surface area contributed by atoms with Gasteiger partial charge < -0.3 is 14.6 Å². The van der Waals surface area contributed by atoms with E-state index >= 15 is 0 Å². The minimum atomic E-state index is -1.43. The Morgan fingerprint density at radius 2 is 1.64 bits per heavy atom. The number of β-amino-alcohol motifs (C(OH)–C–C–N with tert-alkyl or cyclic N) is 1. The summed E-state index contributed by atoms with van der Waals surface area (Å²) in [6, 6.07) is 16.2. The van der Waals surface area contributed by atoms with Crippen molar-refractivity contribution in [1.29, 1.82) is 0 Å². The third-order valence-corrected chi connectivity index (χ3v) is 4.94. The third kappa shape index (κ3) is 2.78. The Kier molecular flexibility index (Phi) is 3.76. The number of nitrogens with zero attached hydrogens (tertiary/aromatic N) is 2. The fourth-order valence-electron chi connectivity index (χ4n) is 3.83. The topological polar surface area (TPSA) is 45.5 Å². The van der Waals surface area contributed by atoms with Crippen molar-refractivity contribution in [2.24, 2.45) is 0 Å². The molecule has 4 nitrogen and oxygen atoms in total. The maximum absolute atomic E-state index is 13.5. The summed E-state index contributed by atoms with van der Waals surface area (Å²) < 4.78 is 15.5. The number of hydrogen-bond acceptors (Lipinski definition) is 2. The number of likely N-dealkylation sites (tertiary alicyclic amines) is 1. The second-order valence-corrected chi connectivity index (χ2v) is 7.13. The number of halogens is 1. The fraction of sp³-hybridized carbons (Fsp3) is 0.350. The summed E-state index contributed by atoms with van der Waals surface area (Å²) in [7, 11) is 0. The van der Waals surface area contributed by atoms with Crippen molar-refractivity contribution < 1.29 is 14.3 Å². The van der Waals surface area contributed by atoms with E-state index in [4.69, 9.17) is 0 Å². The molecule has 1 saturated heterocycles. The highest BCUT2D eigenvalue weighted by Gasteiger charge is 2.36. The molecule has 0 unspecified atom stereocenters. The molecule has 0 aliphatic carbocycles. The Balaban J connectivity index is 1.70. The van der Waals surface area contributed by atoms with Gasteiger partial charge in [-0.25, -0.2) is 4.39 Å². The lowest BCUT2D eigenvalue weighted by Crippen LogP contribution is -2.45. The van der Waals surface area contributed by atoms with E-state index in [-0.39, 0.29) is 13.0 Å². The smallest absolute Gasteiger partial charge is 0.257 e. The number of rotatable bonds is 4. The molecule has 1 aliphatic heterocycles. The SMILES string of the molecule is C[C@@](O)(CN1CC[C@@H](F)C1=O)Cn1c2ccccc2c2ccccc21. The van der Waals surface area contributed by atoms with Crippen LogP contribution in [0.5, 0.6) is 0 Å². The molecule has 0 saturated carbocycles.